The van der Waals surface area contributed by atoms with Crippen molar-refractivity contribution in [2.75, 3.05) is 7.11 Å². The zero-order valence-corrected chi connectivity index (χ0v) is 17.0. The van der Waals surface area contributed by atoms with Crippen LogP contribution in [-0.2, 0) is 6.42 Å². The van der Waals surface area contributed by atoms with Crippen LogP contribution >= 0.6 is 22.7 Å². The highest BCUT2D eigenvalue weighted by Crippen LogP contribution is 2.35. The van der Waals surface area contributed by atoms with E-state index in [-0.39, 0.29) is 5.78 Å². The van der Waals surface area contributed by atoms with Gasteiger partial charge in [0, 0.05) is 22.4 Å². The zero-order valence-electron chi connectivity index (χ0n) is 15.4. The largest absolute Gasteiger partial charge is 0.496 e. The second kappa shape index (κ2) is 7.25. The fraction of sp³-hybridized carbons (Fsp3) is 0.182. The molecule has 0 N–H and O–H groups in total. The molecule has 0 bridgehead atoms. The second-order valence-corrected chi connectivity index (χ2v) is 8.50. The number of ketones is 1. The molecule has 0 aliphatic carbocycles. The van der Waals surface area contributed by atoms with E-state index in [2.05, 4.69) is 12.1 Å². The van der Waals surface area contributed by atoms with Crippen molar-refractivity contribution in [2.45, 2.75) is 20.3 Å². The number of aromatic nitrogens is 1. The number of hydrogen-bond donors (Lipinski definition) is 0. The smallest absolute Gasteiger partial charge is 0.168 e. The highest BCUT2D eigenvalue weighted by Gasteiger charge is 2.17. The van der Waals surface area contributed by atoms with E-state index in [4.69, 9.17) is 9.72 Å². The van der Waals surface area contributed by atoms with Crippen LogP contribution in [0.3, 0.4) is 0 Å². The predicted molar refractivity (Wildman–Crippen MR) is 113 cm³/mol. The highest BCUT2D eigenvalue weighted by molar-refractivity contribution is 7.22. The molecule has 0 radical (unpaired) electrons. The molecular formula is C22H19NO2S2. The van der Waals surface area contributed by atoms with Crippen LogP contribution in [0, 0.1) is 13.8 Å². The van der Waals surface area contributed by atoms with Gasteiger partial charge in [-0.05, 0) is 60.7 Å². The molecule has 0 saturated carbocycles. The summed E-state index contributed by atoms with van der Waals surface area (Å²) in [7, 11) is 1.64. The third-order valence-corrected chi connectivity index (χ3v) is 6.74. The molecule has 0 atom stereocenters. The van der Waals surface area contributed by atoms with Crippen molar-refractivity contribution in [3.8, 4) is 16.3 Å². The summed E-state index contributed by atoms with van der Waals surface area (Å²) in [5.41, 5.74) is 4.89. The fourth-order valence-electron chi connectivity index (χ4n) is 3.10. The van der Waals surface area contributed by atoms with E-state index in [9.17, 15) is 4.79 Å². The molecule has 0 aliphatic heterocycles. The van der Waals surface area contributed by atoms with E-state index in [1.165, 1.54) is 0 Å². The number of fused-ring (bicyclic) bond motifs is 1. The molecule has 0 amide bonds. The molecule has 4 aromatic rings. The molecule has 3 nitrogen and oxygen atoms in total. The average molecular weight is 394 g/mol. The van der Waals surface area contributed by atoms with Gasteiger partial charge < -0.3 is 4.74 Å². The summed E-state index contributed by atoms with van der Waals surface area (Å²) in [5, 5.41) is 3.00. The first kappa shape index (κ1) is 17.9. The number of benzene rings is 2. The number of rotatable bonds is 5. The summed E-state index contributed by atoms with van der Waals surface area (Å²) in [6.07, 6.45) is 0.370. The normalized spacial score (nSPS) is 11.1. The molecule has 5 heteroatoms. The number of para-hydroxylation sites is 1. The second-order valence-electron chi connectivity index (χ2n) is 6.46. The number of carbonyl (C=O) groups excluding carboxylic acids is 1. The molecule has 4 rings (SSSR count). The van der Waals surface area contributed by atoms with Crippen molar-refractivity contribution in [3.05, 3.63) is 69.4 Å². The Morgan fingerprint density at radius 2 is 1.96 bits per heavy atom. The average Bonchev–Trinajstić information content (AvgIpc) is 3.29. The minimum atomic E-state index is 0.0983. The number of carbonyl (C=O) groups is 1. The van der Waals surface area contributed by atoms with Crippen molar-refractivity contribution in [1.82, 2.24) is 4.98 Å². The first-order valence-corrected chi connectivity index (χ1v) is 10.4. The monoisotopic (exact) mass is 393 g/mol. The number of Topliss-reactive ketones (excluding diaryl/α,β-unsaturated/α-hetero) is 1. The standard InChI is InChI=1S/C22H19NO2S2/c1-13-10-15(11-19(25-3)14(13)2)18(24)12-21-16(8-9-26-21)22-23-17-6-4-5-7-20(17)27-22/h4-11H,12H2,1-3H3. The Kier molecular flexibility index (Phi) is 4.81. The highest BCUT2D eigenvalue weighted by atomic mass is 32.1. The minimum Gasteiger partial charge on any atom is -0.496 e. The zero-order chi connectivity index (χ0) is 19.0. The lowest BCUT2D eigenvalue weighted by molar-refractivity contribution is 0.0993. The van der Waals surface area contributed by atoms with Gasteiger partial charge in [-0.3, -0.25) is 4.79 Å². The Morgan fingerprint density at radius 1 is 1.15 bits per heavy atom. The topological polar surface area (TPSA) is 39.2 Å². The van der Waals surface area contributed by atoms with Crippen molar-refractivity contribution >= 4 is 38.7 Å². The van der Waals surface area contributed by atoms with Gasteiger partial charge in [-0.1, -0.05) is 12.1 Å². The molecule has 0 fully saturated rings. The number of ether oxygens (including phenoxy) is 1. The molecule has 27 heavy (non-hydrogen) atoms. The Hall–Kier alpha value is -2.50. The van der Waals surface area contributed by atoms with Crippen molar-refractivity contribution in [2.24, 2.45) is 0 Å². The van der Waals surface area contributed by atoms with Gasteiger partial charge in [0.2, 0.25) is 0 Å². The van der Waals surface area contributed by atoms with E-state index in [1.54, 1.807) is 29.8 Å². The number of thiazole rings is 1. The van der Waals surface area contributed by atoms with Gasteiger partial charge in [0.25, 0.3) is 0 Å². The third-order valence-electron chi connectivity index (χ3n) is 4.75. The van der Waals surface area contributed by atoms with E-state index in [1.807, 2.05) is 49.6 Å². The lowest BCUT2D eigenvalue weighted by atomic mass is 10.00. The maximum Gasteiger partial charge on any atom is 0.168 e. The van der Waals surface area contributed by atoms with E-state index in [0.29, 0.717) is 12.0 Å². The first-order chi connectivity index (χ1) is 13.1. The Balaban J connectivity index is 1.65. The number of thiophene rings is 1. The van der Waals surface area contributed by atoms with Gasteiger partial charge in [-0.2, -0.15) is 0 Å². The summed E-state index contributed by atoms with van der Waals surface area (Å²) in [6, 6.07) is 14.0. The SMILES string of the molecule is COc1cc(C(=O)Cc2sccc2-c2nc3ccccc3s2)cc(C)c1C. The summed E-state index contributed by atoms with van der Waals surface area (Å²) >= 11 is 3.28. The van der Waals surface area contributed by atoms with Crippen LogP contribution in [0.5, 0.6) is 5.75 Å². The number of aryl methyl sites for hydroxylation is 1. The predicted octanol–water partition coefficient (Wildman–Crippen LogP) is 6.08. The molecule has 0 spiro atoms. The Labute approximate surface area is 166 Å². The summed E-state index contributed by atoms with van der Waals surface area (Å²) in [5.74, 6) is 0.858. The number of hydrogen-bond acceptors (Lipinski definition) is 5. The summed E-state index contributed by atoms with van der Waals surface area (Å²) in [4.78, 5) is 18.7. The first-order valence-electron chi connectivity index (χ1n) is 8.67. The van der Waals surface area contributed by atoms with Crippen LogP contribution in [0.4, 0.5) is 0 Å². The van der Waals surface area contributed by atoms with Crippen molar-refractivity contribution in [3.63, 3.8) is 0 Å². The quantitative estimate of drug-likeness (QED) is 0.386. The van der Waals surface area contributed by atoms with Crippen LogP contribution in [0.15, 0.2) is 47.8 Å². The fourth-order valence-corrected chi connectivity index (χ4v) is 5.06. The van der Waals surface area contributed by atoms with Gasteiger partial charge >= 0.3 is 0 Å². The van der Waals surface area contributed by atoms with Gasteiger partial charge in [0.15, 0.2) is 5.78 Å². The van der Waals surface area contributed by atoms with Crippen LogP contribution in [0.1, 0.15) is 26.4 Å². The Bertz CT molecular complexity index is 1110. The molecular weight excluding hydrogens is 374 g/mol. The number of methoxy groups -OCH3 is 1. The molecule has 0 aliphatic rings. The molecule has 2 aromatic heterocycles. The molecule has 2 heterocycles. The minimum absolute atomic E-state index is 0.0983. The van der Waals surface area contributed by atoms with E-state index in [0.717, 1.165) is 42.5 Å². The third kappa shape index (κ3) is 3.40. The number of nitrogens with zero attached hydrogens (tertiary/aromatic N) is 1. The molecule has 0 saturated heterocycles. The van der Waals surface area contributed by atoms with Gasteiger partial charge in [0.05, 0.1) is 17.3 Å². The van der Waals surface area contributed by atoms with Crippen molar-refractivity contribution in [1.29, 1.82) is 0 Å². The maximum atomic E-state index is 12.9. The lowest BCUT2D eigenvalue weighted by Crippen LogP contribution is -2.05. The van der Waals surface area contributed by atoms with Crippen LogP contribution in [0.25, 0.3) is 20.8 Å². The van der Waals surface area contributed by atoms with E-state index < -0.39 is 0 Å². The van der Waals surface area contributed by atoms with Gasteiger partial charge in [0.1, 0.15) is 10.8 Å². The molecule has 0 unspecified atom stereocenters. The van der Waals surface area contributed by atoms with Gasteiger partial charge in [-0.25, -0.2) is 4.98 Å². The van der Waals surface area contributed by atoms with Crippen molar-refractivity contribution < 1.29 is 9.53 Å². The van der Waals surface area contributed by atoms with E-state index >= 15 is 0 Å². The summed E-state index contributed by atoms with van der Waals surface area (Å²) < 4.78 is 6.58. The lowest BCUT2D eigenvalue weighted by Gasteiger charge is -2.10. The Morgan fingerprint density at radius 3 is 2.74 bits per heavy atom. The molecule has 136 valence electrons. The van der Waals surface area contributed by atoms with Crippen LogP contribution in [0.2, 0.25) is 0 Å². The molecule has 2 aromatic carbocycles. The van der Waals surface area contributed by atoms with Crippen LogP contribution in [-0.4, -0.2) is 17.9 Å². The van der Waals surface area contributed by atoms with Crippen LogP contribution < -0.4 is 4.74 Å². The summed E-state index contributed by atoms with van der Waals surface area (Å²) in [6.45, 7) is 4.01. The van der Waals surface area contributed by atoms with Gasteiger partial charge in [-0.15, -0.1) is 22.7 Å². The maximum absolute atomic E-state index is 12.9.